The van der Waals surface area contributed by atoms with E-state index in [4.69, 9.17) is 23.1 Å². The molecule has 1 aromatic rings. The molecule has 2 nitrogen and oxygen atoms in total. The molecule has 13 heavy (non-hydrogen) atoms. The first-order chi connectivity index (χ1) is 6.18. The smallest absolute Gasteiger partial charge is 0.0461 e. The second-order valence-electron chi connectivity index (χ2n) is 3.57. The largest absolute Gasteiger partial charge is 0.399 e. The fourth-order valence-electron chi connectivity index (χ4n) is 1.93. The molecule has 0 aliphatic heterocycles. The second-order valence-corrected chi connectivity index (χ2v) is 3.98. The second kappa shape index (κ2) is 3.20. The van der Waals surface area contributed by atoms with Crippen molar-refractivity contribution in [3.8, 4) is 0 Å². The molecule has 0 saturated heterocycles. The summed E-state index contributed by atoms with van der Waals surface area (Å²) in [5.74, 6) is 0. The van der Waals surface area contributed by atoms with Gasteiger partial charge in [-0.2, -0.15) is 0 Å². The molecule has 0 radical (unpaired) electrons. The normalized spacial score (nSPS) is 21.2. The molecule has 70 valence electrons. The molecule has 1 aliphatic carbocycles. The lowest BCUT2D eigenvalue weighted by Crippen LogP contribution is -2.18. The van der Waals surface area contributed by atoms with E-state index in [2.05, 4.69) is 0 Å². The minimum absolute atomic E-state index is 0.116. The third-order valence-corrected chi connectivity index (χ3v) is 2.93. The van der Waals surface area contributed by atoms with Crippen LogP contribution in [0.1, 0.15) is 30.0 Å². The number of halogens is 1. The van der Waals surface area contributed by atoms with Crippen LogP contribution in [0.25, 0.3) is 0 Å². The lowest BCUT2D eigenvalue weighted by atomic mass is 9.88. The van der Waals surface area contributed by atoms with Gasteiger partial charge in [0, 0.05) is 16.8 Å². The van der Waals surface area contributed by atoms with Crippen LogP contribution < -0.4 is 11.5 Å². The minimum atomic E-state index is 0.116. The number of benzene rings is 1. The van der Waals surface area contributed by atoms with Gasteiger partial charge < -0.3 is 11.5 Å². The number of rotatable bonds is 0. The Hall–Kier alpha value is -0.730. The molecule has 1 atom stereocenters. The molecule has 0 unspecified atom stereocenters. The van der Waals surface area contributed by atoms with E-state index < -0.39 is 0 Å². The monoisotopic (exact) mass is 196 g/mol. The molecule has 4 N–H and O–H groups in total. The number of hydrogen-bond acceptors (Lipinski definition) is 2. The molecule has 3 heteroatoms. The van der Waals surface area contributed by atoms with Crippen molar-refractivity contribution in [3.05, 3.63) is 28.3 Å². The highest BCUT2D eigenvalue weighted by molar-refractivity contribution is 6.31. The zero-order valence-electron chi connectivity index (χ0n) is 7.39. The minimum Gasteiger partial charge on any atom is -0.399 e. The molecule has 0 bridgehead atoms. The van der Waals surface area contributed by atoms with Crippen molar-refractivity contribution in [2.45, 2.75) is 25.3 Å². The van der Waals surface area contributed by atoms with E-state index in [1.807, 2.05) is 6.07 Å². The van der Waals surface area contributed by atoms with Crippen LogP contribution in [-0.4, -0.2) is 0 Å². The highest BCUT2D eigenvalue weighted by atomic mass is 35.5. The standard InChI is InChI=1S/C10H13ClN2/c11-9-5-6(12)4-8-7(9)2-1-3-10(8)13/h4-5,10H,1-3,12-13H2/t10-/m0/s1. The highest BCUT2D eigenvalue weighted by Gasteiger charge is 2.19. The van der Waals surface area contributed by atoms with Crippen LogP contribution in [0.5, 0.6) is 0 Å². The number of fused-ring (bicyclic) bond motifs is 1. The summed E-state index contributed by atoms with van der Waals surface area (Å²) in [6.45, 7) is 0. The first-order valence-electron chi connectivity index (χ1n) is 4.52. The van der Waals surface area contributed by atoms with Crippen LogP contribution in [0.15, 0.2) is 12.1 Å². The average Bonchev–Trinajstić information content (AvgIpc) is 2.07. The van der Waals surface area contributed by atoms with Crippen LogP contribution in [0.2, 0.25) is 5.02 Å². The van der Waals surface area contributed by atoms with Gasteiger partial charge in [-0.15, -0.1) is 0 Å². The third kappa shape index (κ3) is 1.52. The predicted octanol–water partition coefficient (Wildman–Crippen LogP) is 2.26. The molecule has 0 amide bonds. The predicted molar refractivity (Wildman–Crippen MR) is 55.7 cm³/mol. The molecule has 1 aromatic carbocycles. The van der Waals surface area contributed by atoms with E-state index in [1.54, 1.807) is 6.07 Å². The topological polar surface area (TPSA) is 52.0 Å². The van der Waals surface area contributed by atoms with E-state index in [0.29, 0.717) is 5.69 Å². The Morgan fingerprint density at radius 3 is 2.92 bits per heavy atom. The Labute approximate surface area is 82.9 Å². The summed E-state index contributed by atoms with van der Waals surface area (Å²) in [5, 5.41) is 0.769. The summed E-state index contributed by atoms with van der Waals surface area (Å²) in [7, 11) is 0. The summed E-state index contributed by atoms with van der Waals surface area (Å²) < 4.78 is 0. The Kier molecular flexibility index (Phi) is 2.18. The van der Waals surface area contributed by atoms with Gasteiger partial charge in [-0.25, -0.2) is 0 Å². The van der Waals surface area contributed by atoms with Gasteiger partial charge in [-0.3, -0.25) is 0 Å². The summed E-state index contributed by atoms with van der Waals surface area (Å²) in [6, 6.07) is 3.87. The molecule has 1 aliphatic rings. The first-order valence-corrected chi connectivity index (χ1v) is 4.89. The van der Waals surface area contributed by atoms with Crippen molar-refractivity contribution in [2.24, 2.45) is 5.73 Å². The summed E-state index contributed by atoms with van der Waals surface area (Å²) in [5.41, 5.74) is 14.7. The molecule has 0 heterocycles. The summed E-state index contributed by atoms with van der Waals surface area (Å²) in [4.78, 5) is 0. The van der Waals surface area contributed by atoms with Crippen LogP contribution >= 0.6 is 11.6 Å². The maximum atomic E-state index is 6.08. The fourth-order valence-corrected chi connectivity index (χ4v) is 2.26. The van der Waals surface area contributed by atoms with Crippen molar-refractivity contribution in [1.82, 2.24) is 0 Å². The van der Waals surface area contributed by atoms with Gasteiger partial charge in [-0.1, -0.05) is 11.6 Å². The van der Waals surface area contributed by atoms with Crippen LogP contribution in [-0.2, 0) is 6.42 Å². The lowest BCUT2D eigenvalue weighted by Gasteiger charge is -2.23. The Morgan fingerprint density at radius 2 is 2.15 bits per heavy atom. The molecule has 0 fully saturated rings. The van der Waals surface area contributed by atoms with Crippen molar-refractivity contribution in [2.75, 3.05) is 5.73 Å². The van der Waals surface area contributed by atoms with Gasteiger partial charge in [0.1, 0.15) is 0 Å². The zero-order valence-corrected chi connectivity index (χ0v) is 8.14. The van der Waals surface area contributed by atoms with Gasteiger partial charge in [0.15, 0.2) is 0 Å². The molecular formula is C10H13ClN2. The summed E-state index contributed by atoms with van der Waals surface area (Å²) in [6.07, 6.45) is 3.19. The number of nitrogens with two attached hydrogens (primary N) is 2. The molecular weight excluding hydrogens is 184 g/mol. The van der Waals surface area contributed by atoms with Gasteiger partial charge >= 0.3 is 0 Å². The maximum absolute atomic E-state index is 6.08. The fraction of sp³-hybridized carbons (Fsp3) is 0.400. The Bertz CT molecular complexity index is 336. The van der Waals surface area contributed by atoms with Crippen molar-refractivity contribution in [1.29, 1.82) is 0 Å². The van der Waals surface area contributed by atoms with Crippen LogP contribution in [0.4, 0.5) is 5.69 Å². The van der Waals surface area contributed by atoms with Gasteiger partial charge in [0.25, 0.3) is 0 Å². The van der Waals surface area contributed by atoms with E-state index in [1.165, 1.54) is 5.56 Å². The van der Waals surface area contributed by atoms with Crippen molar-refractivity contribution in [3.63, 3.8) is 0 Å². The molecule has 0 saturated carbocycles. The van der Waals surface area contributed by atoms with E-state index in [0.717, 1.165) is 29.8 Å². The number of anilines is 1. The summed E-state index contributed by atoms with van der Waals surface area (Å²) >= 11 is 6.08. The maximum Gasteiger partial charge on any atom is 0.0461 e. The SMILES string of the molecule is Nc1cc(Cl)c2c(c1)[C@@H](N)CCC2. The van der Waals surface area contributed by atoms with Crippen LogP contribution in [0.3, 0.4) is 0 Å². The van der Waals surface area contributed by atoms with Gasteiger partial charge in [-0.05, 0) is 42.5 Å². The average molecular weight is 197 g/mol. The Balaban J connectivity index is 2.56. The van der Waals surface area contributed by atoms with Crippen molar-refractivity contribution < 1.29 is 0 Å². The number of hydrogen-bond donors (Lipinski definition) is 2. The van der Waals surface area contributed by atoms with E-state index >= 15 is 0 Å². The lowest BCUT2D eigenvalue weighted by molar-refractivity contribution is 0.571. The first kappa shape index (κ1) is 8.85. The quantitative estimate of drug-likeness (QED) is 0.626. The Morgan fingerprint density at radius 1 is 1.38 bits per heavy atom. The van der Waals surface area contributed by atoms with Crippen molar-refractivity contribution >= 4 is 17.3 Å². The number of nitrogen functional groups attached to an aromatic ring is 1. The highest BCUT2D eigenvalue weighted by Crippen LogP contribution is 2.34. The molecule has 0 spiro atoms. The van der Waals surface area contributed by atoms with Gasteiger partial charge in [0.2, 0.25) is 0 Å². The third-order valence-electron chi connectivity index (χ3n) is 2.59. The van der Waals surface area contributed by atoms with E-state index in [-0.39, 0.29) is 6.04 Å². The van der Waals surface area contributed by atoms with E-state index in [9.17, 15) is 0 Å². The molecule has 2 rings (SSSR count). The zero-order chi connectivity index (χ0) is 9.42. The molecule has 0 aromatic heterocycles. The van der Waals surface area contributed by atoms with Gasteiger partial charge in [0.05, 0.1) is 0 Å². The van der Waals surface area contributed by atoms with Crippen LogP contribution in [0, 0.1) is 0 Å².